The van der Waals surface area contributed by atoms with E-state index in [2.05, 4.69) is 15.3 Å². The lowest BCUT2D eigenvalue weighted by Crippen LogP contribution is -2.32. The van der Waals surface area contributed by atoms with Crippen LogP contribution in [0.25, 0.3) is 11.5 Å². The van der Waals surface area contributed by atoms with Gasteiger partial charge in [-0.15, -0.1) is 0 Å². The number of unbranched alkanes of at least 4 members (excludes halogenated alkanes) is 3. The van der Waals surface area contributed by atoms with Gasteiger partial charge in [0.05, 0.1) is 13.2 Å². The summed E-state index contributed by atoms with van der Waals surface area (Å²) in [6, 6.07) is 3.44. The van der Waals surface area contributed by atoms with E-state index in [-0.39, 0.29) is 18.4 Å². The van der Waals surface area contributed by atoms with E-state index >= 15 is 0 Å². The van der Waals surface area contributed by atoms with Gasteiger partial charge in [-0.1, -0.05) is 12.8 Å². The molecule has 0 unspecified atom stereocenters. The quantitative estimate of drug-likeness (QED) is 0.410. The van der Waals surface area contributed by atoms with Gasteiger partial charge in [0.1, 0.15) is 11.9 Å². The Balaban J connectivity index is 1.66. The summed E-state index contributed by atoms with van der Waals surface area (Å²) in [5.41, 5.74) is 0.300. The summed E-state index contributed by atoms with van der Waals surface area (Å²) in [6.45, 7) is 8.62. The lowest BCUT2D eigenvalue weighted by atomic mass is 10.2. The standard InChI is InChI=1S/C22H31N3O6/c1-5-28-20(26)17-15-30-19(25-17)16-10-12-23-18(14-16)29-13-9-7-6-8-11-24-21(27)31-22(2,3)4/h10,12,14-15H,5-9,11,13H2,1-4H3,(H,24,27). The summed E-state index contributed by atoms with van der Waals surface area (Å²) < 4.78 is 21.2. The number of carbonyl (C=O) groups is 2. The Morgan fingerprint density at radius 3 is 2.68 bits per heavy atom. The molecule has 9 heteroatoms. The van der Waals surface area contributed by atoms with Crippen molar-refractivity contribution in [2.75, 3.05) is 19.8 Å². The third kappa shape index (κ3) is 9.06. The smallest absolute Gasteiger partial charge is 0.407 e. The van der Waals surface area contributed by atoms with Crippen molar-refractivity contribution in [1.82, 2.24) is 15.3 Å². The molecule has 0 saturated carbocycles. The Labute approximate surface area is 182 Å². The molecule has 0 atom stereocenters. The minimum atomic E-state index is -0.524. The summed E-state index contributed by atoms with van der Waals surface area (Å²) in [6.07, 6.45) is 6.16. The highest BCUT2D eigenvalue weighted by atomic mass is 16.6. The number of ether oxygens (including phenoxy) is 3. The average Bonchev–Trinajstić information content (AvgIpc) is 3.19. The summed E-state index contributed by atoms with van der Waals surface area (Å²) in [5, 5.41) is 2.75. The second-order valence-corrected chi connectivity index (χ2v) is 7.83. The summed E-state index contributed by atoms with van der Waals surface area (Å²) >= 11 is 0. The van der Waals surface area contributed by atoms with Crippen LogP contribution in [-0.4, -0.2) is 47.4 Å². The highest BCUT2D eigenvalue weighted by Gasteiger charge is 2.16. The first-order chi connectivity index (χ1) is 14.8. The Hall–Kier alpha value is -3.10. The van der Waals surface area contributed by atoms with Crippen LogP contribution in [0.1, 0.15) is 63.9 Å². The third-order valence-corrected chi connectivity index (χ3v) is 3.96. The second-order valence-electron chi connectivity index (χ2n) is 7.83. The molecule has 2 aromatic heterocycles. The molecular weight excluding hydrogens is 402 g/mol. The van der Waals surface area contributed by atoms with Gasteiger partial charge in [-0.2, -0.15) is 0 Å². The van der Waals surface area contributed by atoms with Crippen LogP contribution in [0.2, 0.25) is 0 Å². The molecule has 0 bridgehead atoms. The van der Waals surface area contributed by atoms with Crippen LogP contribution in [0, 0.1) is 0 Å². The average molecular weight is 434 g/mol. The van der Waals surface area contributed by atoms with Gasteiger partial charge in [0, 0.05) is 24.4 Å². The molecule has 0 aliphatic heterocycles. The number of pyridine rings is 1. The fourth-order valence-electron chi connectivity index (χ4n) is 2.59. The highest BCUT2D eigenvalue weighted by Crippen LogP contribution is 2.22. The number of nitrogens with one attached hydrogen (secondary N) is 1. The van der Waals surface area contributed by atoms with E-state index in [1.165, 1.54) is 6.26 Å². The number of nitrogens with zero attached hydrogens (tertiary/aromatic N) is 2. The van der Waals surface area contributed by atoms with Gasteiger partial charge in [-0.25, -0.2) is 19.6 Å². The van der Waals surface area contributed by atoms with Gasteiger partial charge in [0.25, 0.3) is 0 Å². The van der Waals surface area contributed by atoms with E-state index in [4.69, 9.17) is 18.6 Å². The number of hydrogen-bond acceptors (Lipinski definition) is 8. The van der Waals surface area contributed by atoms with Crippen LogP contribution < -0.4 is 10.1 Å². The number of carbonyl (C=O) groups excluding carboxylic acids is 2. The van der Waals surface area contributed by atoms with Gasteiger partial charge >= 0.3 is 12.1 Å². The van der Waals surface area contributed by atoms with Crippen LogP contribution in [-0.2, 0) is 9.47 Å². The van der Waals surface area contributed by atoms with E-state index in [1.54, 1.807) is 25.3 Å². The minimum absolute atomic E-state index is 0.122. The van der Waals surface area contributed by atoms with Crippen molar-refractivity contribution in [3.05, 3.63) is 30.3 Å². The molecule has 31 heavy (non-hydrogen) atoms. The van der Waals surface area contributed by atoms with Crippen LogP contribution in [0.3, 0.4) is 0 Å². The molecule has 1 N–H and O–H groups in total. The van der Waals surface area contributed by atoms with Crippen molar-refractivity contribution in [3.63, 3.8) is 0 Å². The van der Waals surface area contributed by atoms with Gasteiger partial charge in [0.15, 0.2) is 5.69 Å². The van der Waals surface area contributed by atoms with E-state index in [0.717, 1.165) is 25.7 Å². The predicted molar refractivity (Wildman–Crippen MR) is 114 cm³/mol. The Bertz CT molecular complexity index is 844. The topological polar surface area (TPSA) is 113 Å². The van der Waals surface area contributed by atoms with Crippen LogP contribution in [0.15, 0.2) is 29.0 Å². The van der Waals surface area contributed by atoms with Crippen molar-refractivity contribution in [3.8, 4) is 17.3 Å². The van der Waals surface area contributed by atoms with Gasteiger partial charge in [0.2, 0.25) is 11.8 Å². The first kappa shape index (κ1) is 24.2. The number of amides is 1. The van der Waals surface area contributed by atoms with Crippen molar-refractivity contribution < 1.29 is 28.2 Å². The molecule has 2 heterocycles. The fourth-order valence-corrected chi connectivity index (χ4v) is 2.59. The van der Waals surface area contributed by atoms with Crippen molar-refractivity contribution in [1.29, 1.82) is 0 Å². The molecule has 170 valence electrons. The zero-order valence-corrected chi connectivity index (χ0v) is 18.6. The maximum Gasteiger partial charge on any atom is 0.407 e. The molecule has 2 rings (SSSR count). The van der Waals surface area contributed by atoms with Crippen molar-refractivity contribution >= 4 is 12.1 Å². The zero-order chi connectivity index (χ0) is 22.7. The summed E-state index contributed by atoms with van der Waals surface area (Å²) in [5.74, 6) is 0.233. The molecular formula is C22H31N3O6. The summed E-state index contributed by atoms with van der Waals surface area (Å²) in [7, 11) is 0. The Morgan fingerprint density at radius 2 is 1.94 bits per heavy atom. The van der Waals surface area contributed by atoms with E-state index in [0.29, 0.717) is 30.5 Å². The monoisotopic (exact) mass is 433 g/mol. The predicted octanol–water partition coefficient (Wildman–Crippen LogP) is 4.38. The molecule has 0 spiro atoms. The molecule has 2 aromatic rings. The molecule has 0 fully saturated rings. The first-order valence-electron chi connectivity index (χ1n) is 10.5. The van der Waals surface area contributed by atoms with E-state index in [9.17, 15) is 9.59 Å². The molecule has 1 amide bonds. The summed E-state index contributed by atoms with van der Waals surface area (Å²) in [4.78, 5) is 31.6. The number of oxazole rings is 1. The lowest BCUT2D eigenvalue weighted by Gasteiger charge is -2.19. The van der Waals surface area contributed by atoms with Gasteiger partial charge in [-0.05, 0) is 46.6 Å². The molecule has 0 aromatic carbocycles. The zero-order valence-electron chi connectivity index (χ0n) is 18.6. The maximum absolute atomic E-state index is 11.7. The third-order valence-electron chi connectivity index (χ3n) is 3.96. The van der Waals surface area contributed by atoms with Crippen LogP contribution >= 0.6 is 0 Å². The number of alkyl carbamates (subject to hydrolysis) is 1. The Kier molecular flexibility index (Phi) is 9.30. The highest BCUT2D eigenvalue weighted by molar-refractivity contribution is 5.87. The van der Waals surface area contributed by atoms with Crippen molar-refractivity contribution in [2.24, 2.45) is 0 Å². The number of esters is 1. The molecule has 0 aliphatic rings. The minimum Gasteiger partial charge on any atom is -0.478 e. The van der Waals surface area contributed by atoms with Crippen LogP contribution in [0.5, 0.6) is 5.88 Å². The normalized spacial score (nSPS) is 11.1. The van der Waals surface area contributed by atoms with Gasteiger partial charge < -0.3 is 23.9 Å². The molecule has 0 saturated heterocycles. The first-order valence-corrected chi connectivity index (χ1v) is 10.5. The second kappa shape index (κ2) is 11.9. The fraction of sp³-hybridized carbons (Fsp3) is 0.545. The largest absolute Gasteiger partial charge is 0.478 e. The van der Waals surface area contributed by atoms with E-state index in [1.807, 2.05) is 20.8 Å². The number of aromatic nitrogens is 2. The molecule has 9 nitrogen and oxygen atoms in total. The van der Waals surface area contributed by atoms with Gasteiger partial charge in [-0.3, -0.25) is 0 Å². The maximum atomic E-state index is 11.7. The Morgan fingerprint density at radius 1 is 1.16 bits per heavy atom. The SMILES string of the molecule is CCOC(=O)c1coc(-c2ccnc(OCCCCCCNC(=O)OC(C)(C)C)c2)n1. The molecule has 0 radical (unpaired) electrons. The van der Waals surface area contributed by atoms with Crippen LogP contribution in [0.4, 0.5) is 4.79 Å². The lowest BCUT2D eigenvalue weighted by molar-refractivity contribution is 0.0512. The van der Waals surface area contributed by atoms with E-state index < -0.39 is 11.6 Å². The molecule has 0 aliphatic carbocycles. The van der Waals surface area contributed by atoms with Crippen molar-refractivity contribution in [2.45, 2.75) is 59.0 Å². The number of hydrogen-bond donors (Lipinski definition) is 1. The number of rotatable bonds is 11.